The first-order valence-electron chi connectivity index (χ1n) is 6.16. The highest BCUT2D eigenvalue weighted by atomic mass is 15.3. The van der Waals surface area contributed by atoms with Crippen LogP contribution in [0.5, 0.6) is 0 Å². The van der Waals surface area contributed by atoms with Crippen LogP contribution in [0, 0.1) is 0 Å². The van der Waals surface area contributed by atoms with Crippen LogP contribution in [0.25, 0.3) is 0 Å². The quantitative estimate of drug-likeness (QED) is 0.875. The molecule has 0 saturated carbocycles. The Bertz CT molecular complexity index is 476. The number of hydrogen-bond acceptors (Lipinski definition) is 3. The van der Waals surface area contributed by atoms with Gasteiger partial charge in [-0.1, -0.05) is 30.3 Å². The van der Waals surface area contributed by atoms with E-state index in [0.29, 0.717) is 5.69 Å². The van der Waals surface area contributed by atoms with Gasteiger partial charge < -0.3 is 10.6 Å². The number of aromatic nitrogens is 2. The van der Waals surface area contributed by atoms with Crippen molar-refractivity contribution in [2.75, 3.05) is 26.4 Å². The fraction of sp³-hybridized carbons (Fsp3) is 0.357. The van der Waals surface area contributed by atoms with Crippen LogP contribution >= 0.6 is 0 Å². The molecule has 0 aliphatic carbocycles. The molecule has 1 atom stereocenters. The highest BCUT2D eigenvalue weighted by Crippen LogP contribution is 2.22. The number of nitrogens with two attached hydrogens (primary N) is 1. The van der Waals surface area contributed by atoms with E-state index < -0.39 is 0 Å². The van der Waals surface area contributed by atoms with Crippen LogP contribution in [0.3, 0.4) is 0 Å². The summed E-state index contributed by atoms with van der Waals surface area (Å²) in [5, 5.41) is 4.34. The van der Waals surface area contributed by atoms with E-state index in [4.69, 9.17) is 5.73 Å². The second-order valence-electron chi connectivity index (χ2n) is 4.77. The molecule has 1 aromatic heterocycles. The molecule has 0 aliphatic heterocycles. The third-order valence-electron chi connectivity index (χ3n) is 2.97. The van der Waals surface area contributed by atoms with E-state index in [9.17, 15) is 0 Å². The van der Waals surface area contributed by atoms with Crippen molar-refractivity contribution in [1.29, 1.82) is 0 Å². The Kier molecular flexibility index (Phi) is 3.99. The smallest absolute Gasteiger partial charge is 0.0781 e. The van der Waals surface area contributed by atoms with Crippen molar-refractivity contribution in [3.8, 4) is 0 Å². The molecular formula is C14H20N4. The number of rotatable bonds is 5. The van der Waals surface area contributed by atoms with Gasteiger partial charge in [-0.3, -0.25) is 4.68 Å². The SMILES string of the molecule is CN(C)CC[C@@H](c1ccccc1)n1cc(N)cn1. The molecule has 18 heavy (non-hydrogen) atoms. The fourth-order valence-electron chi connectivity index (χ4n) is 2.03. The third-order valence-corrected chi connectivity index (χ3v) is 2.97. The van der Waals surface area contributed by atoms with Gasteiger partial charge in [0.15, 0.2) is 0 Å². The predicted octanol–water partition coefficient (Wildman–Crippen LogP) is 2.01. The van der Waals surface area contributed by atoms with Crippen LogP contribution in [0.4, 0.5) is 5.69 Å². The van der Waals surface area contributed by atoms with Crippen molar-refractivity contribution in [1.82, 2.24) is 14.7 Å². The average molecular weight is 244 g/mol. The fourth-order valence-corrected chi connectivity index (χ4v) is 2.03. The van der Waals surface area contributed by atoms with E-state index in [1.807, 2.05) is 16.9 Å². The molecule has 2 aromatic rings. The highest BCUT2D eigenvalue weighted by Gasteiger charge is 2.14. The molecule has 2 N–H and O–H groups in total. The number of nitrogens with zero attached hydrogens (tertiary/aromatic N) is 3. The van der Waals surface area contributed by atoms with Gasteiger partial charge in [-0.2, -0.15) is 5.10 Å². The lowest BCUT2D eigenvalue weighted by Gasteiger charge is -2.20. The van der Waals surface area contributed by atoms with Gasteiger partial charge in [0, 0.05) is 6.20 Å². The molecule has 1 aromatic carbocycles. The van der Waals surface area contributed by atoms with E-state index >= 15 is 0 Å². The van der Waals surface area contributed by atoms with Crippen molar-refractivity contribution < 1.29 is 0 Å². The van der Waals surface area contributed by atoms with Crippen molar-refractivity contribution in [2.45, 2.75) is 12.5 Å². The third kappa shape index (κ3) is 3.11. The van der Waals surface area contributed by atoms with Crippen LogP contribution in [-0.2, 0) is 0 Å². The molecule has 4 nitrogen and oxygen atoms in total. The average Bonchev–Trinajstić information content (AvgIpc) is 2.77. The van der Waals surface area contributed by atoms with E-state index in [-0.39, 0.29) is 6.04 Å². The highest BCUT2D eigenvalue weighted by molar-refractivity contribution is 5.31. The van der Waals surface area contributed by atoms with Gasteiger partial charge in [-0.05, 0) is 32.6 Å². The Labute approximate surface area is 108 Å². The molecule has 0 saturated heterocycles. The lowest BCUT2D eigenvalue weighted by molar-refractivity contribution is 0.357. The molecule has 0 aliphatic rings. The molecule has 0 amide bonds. The predicted molar refractivity (Wildman–Crippen MR) is 74.4 cm³/mol. The lowest BCUT2D eigenvalue weighted by atomic mass is 10.0. The molecule has 0 spiro atoms. The molecule has 96 valence electrons. The summed E-state index contributed by atoms with van der Waals surface area (Å²) in [5.74, 6) is 0. The van der Waals surface area contributed by atoms with Crippen molar-refractivity contribution in [2.24, 2.45) is 0 Å². The number of hydrogen-bond donors (Lipinski definition) is 1. The standard InChI is InChI=1S/C14H20N4/c1-17(2)9-8-14(12-6-4-3-5-7-12)18-11-13(15)10-16-18/h3-7,10-11,14H,8-9,15H2,1-2H3/t14-/m0/s1. The first kappa shape index (κ1) is 12.6. The number of nitrogen functional groups attached to an aromatic ring is 1. The molecule has 4 heteroatoms. The van der Waals surface area contributed by atoms with Gasteiger partial charge in [0.1, 0.15) is 0 Å². The van der Waals surface area contributed by atoms with Gasteiger partial charge in [-0.25, -0.2) is 0 Å². The Balaban J connectivity index is 2.23. The Morgan fingerprint density at radius 3 is 2.56 bits per heavy atom. The summed E-state index contributed by atoms with van der Waals surface area (Å²) < 4.78 is 1.95. The van der Waals surface area contributed by atoms with E-state index in [1.54, 1.807) is 6.20 Å². The van der Waals surface area contributed by atoms with Gasteiger partial charge in [0.2, 0.25) is 0 Å². The maximum atomic E-state index is 5.76. The van der Waals surface area contributed by atoms with Crippen LogP contribution in [0.2, 0.25) is 0 Å². The van der Waals surface area contributed by atoms with Gasteiger partial charge >= 0.3 is 0 Å². The minimum absolute atomic E-state index is 0.242. The molecule has 0 fully saturated rings. The molecule has 0 radical (unpaired) electrons. The Morgan fingerprint density at radius 1 is 1.28 bits per heavy atom. The molecule has 0 bridgehead atoms. The van der Waals surface area contributed by atoms with Crippen LogP contribution in [0.1, 0.15) is 18.0 Å². The number of benzene rings is 1. The number of anilines is 1. The minimum Gasteiger partial charge on any atom is -0.396 e. The lowest BCUT2D eigenvalue weighted by Crippen LogP contribution is -2.20. The molecular weight excluding hydrogens is 224 g/mol. The van der Waals surface area contributed by atoms with Crippen molar-refractivity contribution in [3.05, 3.63) is 48.3 Å². The van der Waals surface area contributed by atoms with Crippen molar-refractivity contribution in [3.63, 3.8) is 0 Å². The summed E-state index contributed by atoms with van der Waals surface area (Å²) in [6.07, 6.45) is 4.61. The van der Waals surface area contributed by atoms with Gasteiger partial charge in [0.25, 0.3) is 0 Å². The zero-order valence-electron chi connectivity index (χ0n) is 11.0. The maximum absolute atomic E-state index is 5.76. The largest absolute Gasteiger partial charge is 0.396 e. The zero-order valence-corrected chi connectivity index (χ0v) is 11.0. The zero-order chi connectivity index (χ0) is 13.0. The second kappa shape index (κ2) is 5.69. The molecule has 0 unspecified atom stereocenters. The molecule has 2 rings (SSSR count). The Morgan fingerprint density at radius 2 is 2.00 bits per heavy atom. The molecule has 1 heterocycles. The summed E-state index contributed by atoms with van der Waals surface area (Å²) in [6.45, 7) is 1.01. The second-order valence-corrected chi connectivity index (χ2v) is 4.77. The summed E-state index contributed by atoms with van der Waals surface area (Å²) in [5.41, 5.74) is 7.73. The topological polar surface area (TPSA) is 47.1 Å². The summed E-state index contributed by atoms with van der Waals surface area (Å²) >= 11 is 0. The summed E-state index contributed by atoms with van der Waals surface area (Å²) in [7, 11) is 4.17. The van der Waals surface area contributed by atoms with Gasteiger partial charge in [0.05, 0.1) is 17.9 Å². The van der Waals surface area contributed by atoms with Gasteiger partial charge in [-0.15, -0.1) is 0 Å². The summed E-state index contributed by atoms with van der Waals surface area (Å²) in [4.78, 5) is 2.18. The first-order chi connectivity index (χ1) is 8.66. The van der Waals surface area contributed by atoms with Crippen LogP contribution in [-0.4, -0.2) is 35.3 Å². The van der Waals surface area contributed by atoms with Crippen LogP contribution in [0.15, 0.2) is 42.7 Å². The monoisotopic (exact) mass is 244 g/mol. The minimum atomic E-state index is 0.242. The summed E-state index contributed by atoms with van der Waals surface area (Å²) in [6, 6.07) is 10.7. The van der Waals surface area contributed by atoms with E-state index in [1.165, 1.54) is 5.56 Å². The van der Waals surface area contributed by atoms with Crippen LogP contribution < -0.4 is 5.73 Å². The van der Waals surface area contributed by atoms with E-state index in [2.05, 4.69) is 48.4 Å². The van der Waals surface area contributed by atoms with E-state index in [0.717, 1.165) is 13.0 Å². The Hall–Kier alpha value is -1.81. The maximum Gasteiger partial charge on any atom is 0.0781 e. The normalized spacial score (nSPS) is 12.8. The van der Waals surface area contributed by atoms with Crippen molar-refractivity contribution >= 4 is 5.69 Å². The first-order valence-corrected chi connectivity index (χ1v) is 6.16.